The summed E-state index contributed by atoms with van der Waals surface area (Å²) < 4.78 is 5.29. The number of fused-ring (bicyclic) bond motifs is 1. The molecule has 0 radical (unpaired) electrons. The van der Waals surface area contributed by atoms with Gasteiger partial charge in [-0.15, -0.1) is 11.3 Å². The number of carboxylic acid groups (broad SMARTS) is 1. The highest BCUT2D eigenvalue weighted by Crippen LogP contribution is 2.23. The van der Waals surface area contributed by atoms with Crippen LogP contribution in [0.1, 0.15) is 55.6 Å². The molecule has 6 nitrogen and oxygen atoms in total. The number of amides is 1. The molecule has 116 valence electrons. The maximum atomic E-state index is 12.3. The summed E-state index contributed by atoms with van der Waals surface area (Å²) in [4.78, 5) is 24.1. The van der Waals surface area contributed by atoms with Crippen LogP contribution in [0.5, 0.6) is 0 Å². The van der Waals surface area contributed by atoms with Crippen LogP contribution in [0.3, 0.4) is 0 Å². The molecular formula is C15H16N2O4S. The number of nitrogens with one attached hydrogen (secondary N) is 1. The molecule has 1 aliphatic carbocycles. The quantitative estimate of drug-likeness (QED) is 0.845. The summed E-state index contributed by atoms with van der Waals surface area (Å²) in [7, 11) is 0. The van der Waals surface area contributed by atoms with Gasteiger partial charge in [0.05, 0.1) is 6.54 Å². The van der Waals surface area contributed by atoms with Crippen molar-refractivity contribution in [3.8, 4) is 0 Å². The summed E-state index contributed by atoms with van der Waals surface area (Å²) in [6.07, 6.45) is 4.91. The number of aryl methyl sites for hydroxylation is 1. The smallest absolute Gasteiger partial charge is 0.345 e. The van der Waals surface area contributed by atoms with Crippen LogP contribution in [0.2, 0.25) is 0 Å². The van der Waals surface area contributed by atoms with Crippen LogP contribution in [-0.4, -0.2) is 22.1 Å². The van der Waals surface area contributed by atoms with E-state index in [-0.39, 0.29) is 10.8 Å². The first kappa shape index (κ1) is 14.8. The van der Waals surface area contributed by atoms with E-state index in [1.54, 1.807) is 6.07 Å². The Bertz CT molecular complexity index is 704. The Balaban J connectivity index is 1.67. The highest BCUT2D eigenvalue weighted by molar-refractivity contribution is 7.13. The van der Waals surface area contributed by atoms with E-state index >= 15 is 0 Å². The molecule has 2 aromatic heterocycles. The summed E-state index contributed by atoms with van der Waals surface area (Å²) in [5.74, 6) is -0.395. The van der Waals surface area contributed by atoms with Crippen LogP contribution in [0, 0.1) is 0 Å². The third-order valence-electron chi connectivity index (χ3n) is 3.71. The number of hydrogen-bond acceptors (Lipinski definition) is 5. The Hall–Kier alpha value is -2.15. The molecule has 0 aliphatic heterocycles. The van der Waals surface area contributed by atoms with Crippen molar-refractivity contribution in [3.05, 3.63) is 38.9 Å². The molecule has 3 rings (SSSR count). The molecule has 1 aliphatic rings. The average Bonchev–Trinajstić information content (AvgIpc) is 3.07. The highest BCUT2D eigenvalue weighted by Gasteiger charge is 2.23. The maximum absolute atomic E-state index is 12.3. The first-order valence-corrected chi connectivity index (χ1v) is 8.04. The lowest BCUT2D eigenvalue weighted by molar-refractivity contribution is 0.0702. The van der Waals surface area contributed by atoms with Crippen molar-refractivity contribution >= 4 is 23.2 Å². The first-order chi connectivity index (χ1) is 10.6. The van der Waals surface area contributed by atoms with Gasteiger partial charge in [0.15, 0.2) is 5.69 Å². The van der Waals surface area contributed by atoms with E-state index in [0.717, 1.165) is 59.6 Å². The first-order valence-electron chi connectivity index (χ1n) is 7.23. The third kappa shape index (κ3) is 3.04. The van der Waals surface area contributed by atoms with Crippen LogP contribution in [0.15, 0.2) is 16.7 Å². The van der Waals surface area contributed by atoms with Gasteiger partial charge in [-0.1, -0.05) is 11.6 Å². The minimum atomic E-state index is -0.954. The molecule has 0 saturated carbocycles. The van der Waals surface area contributed by atoms with Crippen molar-refractivity contribution < 1.29 is 19.2 Å². The molecule has 0 aromatic carbocycles. The van der Waals surface area contributed by atoms with E-state index in [0.29, 0.717) is 12.2 Å². The zero-order chi connectivity index (χ0) is 15.5. The van der Waals surface area contributed by atoms with E-state index in [9.17, 15) is 9.59 Å². The van der Waals surface area contributed by atoms with Gasteiger partial charge < -0.3 is 14.9 Å². The van der Waals surface area contributed by atoms with Gasteiger partial charge in [0.1, 0.15) is 10.6 Å². The Morgan fingerprint density at radius 2 is 2.09 bits per heavy atom. The number of rotatable bonds is 4. The average molecular weight is 320 g/mol. The van der Waals surface area contributed by atoms with Gasteiger partial charge in [-0.05, 0) is 31.4 Å². The van der Waals surface area contributed by atoms with Crippen LogP contribution in [0.4, 0.5) is 0 Å². The Morgan fingerprint density at radius 1 is 1.27 bits per heavy atom. The molecule has 1 amide bonds. The van der Waals surface area contributed by atoms with Gasteiger partial charge in [0, 0.05) is 16.9 Å². The third-order valence-corrected chi connectivity index (χ3v) is 4.78. The number of carboxylic acids is 1. The molecule has 2 aromatic rings. The summed E-state index contributed by atoms with van der Waals surface area (Å²) in [6.45, 7) is 0.290. The minimum absolute atomic E-state index is 0.263. The molecule has 22 heavy (non-hydrogen) atoms. The highest BCUT2D eigenvalue weighted by atomic mass is 32.1. The predicted octanol–water partition coefficient (Wildman–Crippen LogP) is 2.63. The summed E-state index contributed by atoms with van der Waals surface area (Å²) in [5, 5.41) is 15.6. The SMILES string of the molecule is O=C(O)c1ccc(CNC(=O)c2noc3c2CCCCC3)s1. The van der Waals surface area contributed by atoms with E-state index in [2.05, 4.69) is 10.5 Å². The van der Waals surface area contributed by atoms with Crippen LogP contribution in [0.25, 0.3) is 0 Å². The molecule has 0 fully saturated rings. The molecule has 0 bridgehead atoms. The normalized spacial score (nSPS) is 14.2. The van der Waals surface area contributed by atoms with Crippen LogP contribution >= 0.6 is 11.3 Å². The van der Waals surface area contributed by atoms with E-state index < -0.39 is 5.97 Å². The van der Waals surface area contributed by atoms with Gasteiger partial charge >= 0.3 is 5.97 Å². The lowest BCUT2D eigenvalue weighted by atomic mass is 10.1. The molecule has 0 saturated heterocycles. The lowest BCUT2D eigenvalue weighted by Gasteiger charge is -2.02. The fourth-order valence-electron chi connectivity index (χ4n) is 2.58. The van der Waals surface area contributed by atoms with Gasteiger partial charge in [-0.3, -0.25) is 4.79 Å². The van der Waals surface area contributed by atoms with Crippen molar-refractivity contribution in [2.75, 3.05) is 0 Å². The fraction of sp³-hybridized carbons (Fsp3) is 0.400. The molecular weight excluding hydrogens is 304 g/mol. The Labute approximate surface area is 131 Å². The van der Waals surface area contributed by atoms with Crippen molar-refractivity contribution in [3.63, 3.8) is 0 Å². The monoisotopic (exact) mass is 320 g/mol. The van der Waals surface area contributed by atoms with Gasteiger partial charge in [-0.2, -0.15) is 0 Å². The van der Waals surface area contributed by atoms with E-state index in [4.69, 9.17) is 9.63 Å². The number of carbonyl (C=O) groups excluding carboxylic acids is 1. The topological polar surface area (TPSA) is 92.4 Å². The fourth-order valence-corrected chi connectivity index (χ4v) is 3.37. The Morgan fingerprint density at radius 3 is 2.86 bits per heavy atom. The number of carbonyl (C=O) groups is 2. The Kier molecular flexibility index (Phi) is 4.24. The number of aromatic nitrogens is 1. The zero-order valence-electron chi connectivity index (χ0n) is 11.9. The van der Waals surface area contributed by atoms with Crippen molar-refractivity contribution in [2.45, 2.75) is 38.6 Å². The summed E-state index contributed by atoms with van der Waals surface area (Å²) in [5.41, 5.74) is 1.29. The molecule has 0 unspecified atom stereocenters. The standard InChI is InChI=1S/C15H16N2O4S/c18-14(16-8-9-6-7-12(22-9)15(19)20)13-10-4-2-1-3-5-11(10)21-17-13/h6-7H,1-5,8H2,(H,16,18)(H,19,20). The summed E-state index contributed by atoms with van der Waals surface area (Å²) >= 11 is 1.15. The van der Waals surface area contributed by atoms with Crippen molar-refractivity contribution in [1.29, 1.82) is 0 Å². The maximum Gasteiger partial charge on any atom is 0.345 e. The number of aromatic carboxylic acids is 1. The van der Waals surface area contributed by atoms with Crippen molar-refractivity contribution in [1.82, 2.24) is 10.5 Å². The zero-order valence-corrected chi connectivity index (χ0v) is 12.7. The molecule has 0 atom stereocenters. The summed E-state index contributed by atoms with van der Waals surface area (Å²) in [6, 6.07) is 3.24. The second-order valence-electron chi connectivity index (χ2n) is 5.25. The number of nitrogens with zero attached hydrogens (tertiary/aromatic N) is 1. The molecule has 0 spiro atoms. The van der Waals surface area contributed by atoms with E-state index in [1.165, 1.54) is 6.07 Å². The molecule has 7 heteroatoms. The number of hydrogen-bond donors (Lipinski definition) is 2. The van der Waals surface area contributed by atoms with Gasteiger partial charge in [0.25, 0.3) is 5.91 Å². The van der Waals surface area contributed by atoms with Crippen LogP contribution < -0.4 is 5.32 Å². The van der Waals surface area contributed by atoms with Gasteiger partial charge in [0.2, 0.25) is 0 Å². The number of thiophene rings is 1. The van der Waals surface area contributed by atoms with E-state index in [1.807, 2.05) is 0 Å². The lowest BCUT2D eigenvalue weighted by Crippen LogP contribution is -2.23. The second kappa shape index (κ2) is 6.31. The largest absolute Gasteiger partial charge is 0.477 e. The minimum Gasteiger partial charge on any atom is -0.477 e. The van der Waals surface area contributed by atoms with Gasteiger partial charge in [-0.25, -0.2) is 4.79 Å². The second-order valence-corrected chi connectivity index (χ2v) is 6.42. The van der Waals surface area contributed by atoms with Crippen LogP contribution in [-0.2, 0) is 19.4 Å². The molecule has 2 N–H and O–H groups in total. The predicted molar refractivity (Wildman–Crippen MR) is 80.2 cm³/mol. The van der Waals surface area contributed by atoms with Crippen molar-refractivity contribution in [2.24, 2.45) is 0 Å². The molecule has 2 heterocycles.